The molecule has 0 aliphatic carbocycles. The van der Waals surface area contributed by atoms with Crippen LogP contribution in [0.3, 0.4) is 0 Å². The Morgan fingerprint density at radius 1 is 1.53 bits per heavy atom. The van der Waals surface area contributed by atoms with Crippen LogP contribution in [0, 0.1) is 0 Å². The molecule has 1 heterocycles. The maximum atomic E-state index is 11.9. The van der Waals surface area contributed by atoms with Gasteiger partial charge >= 0.3 is 0 Å². The Kier molecular flexibility index (Phi) is 4.11. The number of phenolic OH excluding ortho intramolecular Hbond substituents is 1. The second-order valence-corrected chi connectivity index (χ2v) is 5.54. The summed E-state index contributed by atoms with van der Waals surface area (Å²) in [5.41, 5.74) is 0.542. The molecule has 1 aromatic carbocycles. The first-order chi connectivity index (χ1) is 9.04. The molecule has 0 atom stereocenters. The monoisotopic (exact) mass is 295 g/mol. The standard InChI is InChI=1S/C13H13NO3S2/c1-3-17-9-6-4-5-8(11(9)15)7-10-12(16)14(2)13(18)19-10/h4-7,15H,3H2,1-2H3/b10-7-. The first-order valence-corrected chi connectivity index (χ1v) is 6.93. The summed E-state index contributed by atoms with van der Waals surface area (Å²) in [6, 6.07) is 5.17. The highest BCUT2D eigenvalue weighted by molar-refractivity contribution is 8.26. The molecule has 1 aromatic rings. The van der Waals surface area contributed by atoms with Crippen molar-refractivity contribution < 1.29 is 14.6 Å². The summed E-state index contributed by atoms with van der Waals surface area (Å²) in [5, 5.41) is 10.1. The molecular weight excluding hydrogens is 282 g/mol. The summed E-state index contributed by atoms with van der Waals surface area (Å²) in [6.45, 7) is 2.31. The second-order valence-electron chi connectivity index (χ2n) is 3.87. The molecule has 19 heavy (non-hydrogen) atoms. The van der Waals surface area contributed by atoms with Crippen LogP contribution in [0.5, 0.6) is 11.5 Å². The fourth-order valence-electron chi connectivity index (χ4n) is 1.61. The van der Waals surface area contributed by atoms with Gasteiger partial charge in [0, 0.05) is 12.6 Å². The number of carbonyl (C=O) groups excluding carboxylic acids is 1. The molecule has 0 saturated carbocycles. The van der Waals surface area contributed by atoms with E-state index in [1.807, 2.05) is 6.92 Å². The topological polar surface area (TPSA) is 49.8 Å². The highest BCUT2D eigenvalue weighted by atomic mass is 32.2. The van der Waals surface area contributed by atoms with Crippen LogP contribution in [0.4, 0.5) is 0 Å². The summed E-state index contributed by atoms with van der Waals surface area (Å²) in [7, 11) is 1.63. The lowest BCUT2D eigenvalue weighted by atomic mass is 10.1. The largest absolute Gasteiger partial charge is 0.504 e. The molecule has 1 saturated heterocycles. The van der Waals surface area contributed by atoms with Crippen molar-refractivity contribution in [2.24, 2.45) is 0 Å². The zero-order valence-corrected chi connectivity index (χ0v) is 12.2. The van der Waals surface area contributed by atoms with Crippen molar-refractivity contribution in [2.45, 2.75) is 6.92 Å². The molecule has 0 unspecified atom stereocenters. The predicted molar refractivity (Wildman–Crippen MR) is 80.2 cm³/mol. The van der Waals surface area contributed by atoms with E-state index in [0.29, 0.717) is 27.1 Å². The molecule has 2 rings (SSSR count). The third-order valence-electron chi connectivity index (χ3n) is 2.60. The Labute approximate surface area is 121 Å². The third-order valence-corrected chi connectivity index (χ3v) is 4.09. The summed E-state index contributed by atoms with van der Waals surface area (Å²) >= 11 is 6.27. The van der Waals surface area contributed by atoms with Crippen LogP contribution in [-0.4, -0.2) is 33.9 Å². The summed E-state index contributed by atoms with van der Waals surface area (Å²) in [4.78, 5) is 13.8. The number of likely N-dealkylation sites (N-methyl/N-ethyl adjacent to an activating group) is 1. The number of carbonyl (C=O) groups is 1. The predicted octanol–water partition coefficient (Wildman–Crippen LogP) is 2.62. The number of benzene rings is 1. The molecule has 1 N–H and O–H groups in total. The van der Waals surface area contributed by atoms with Crippen molar-refractivity contribution in [1.29, 1.82) is 0 Å². The SMILES string of the molecule is CCOc1cccc(/C=C2\SC(=S)N(C)C2=O)c1O. The minimum absolute atomic E-state index is 0.0331. The van der Waals surface area contributed by atoms with Crippen LogP contribution < -0.4 is 4.74 Å². The van der Waals surface area contributed by atoms with E-state index in [0.717, 1.165) is 0 Å². The molecule has 0 bridgehead atoms. The van der Waals surface area contributed by atoms with E-state index in [-0.39, 0.29) is 11.7 Å². The van der Waals surface area contributed by atoms with Gasteiger partial charge in [0.1, 0.15) is 4.32 Å². The van der Waals surface area contributed by atoms with Crippen molar-refractivity contribution in [2.75, 3.05) is 13.7 Å². The van der Waals surface area contributed by atoms with Crippen molar-refractivity contribution in [1.82, 2.24) is 4.90 Å². The van der Waals surface area contributed by atoms with Crippen LogP contribution in [0.1, 0.15) is 12.5 Å². The fourth-order valence-corrected chi connectivity index (χ4v) is 2.78. The lowest BCUT2D eigenvalue weighted by molar-refractivity contribution is -0.121. The minimum atomic E-state index is -0.156. The maximum absolute atomic E-state index is 11.9. The Bertz CT molecular complexity index is 569. The number of nitrogens with zero attached hydrogens (tertiary/aromatic N) is 1. The van der Waals surface area contributed by atoms with Gasteiger partial charge in [-0.05, 0) is 19.1 Å². The van der Waals surface area contributed by atoms with E-state index < -0.39 is 0 Å². The number of para-hydroxylation sites is 1. The molecule has 1 fully saturated rings. The van der Waals surface area contributed by atoms with Crippen molar-refractivity contribution in [3.05, 3.63) is 28.7 Å². The lowest BCUT2D eigenvalue weighted by Crippen LogP contribution is -2.22. The Morgan fingerprint density at radius 3 is 2.84 bits per heavy atom. The number of hydrogen-bond donors (Lipinski definition) is 1. The van der Waals surface area contributed by atoms with Gasteiger partial charge in [0.05, 0.1) is 11.5 Å². The molecule has 0 spiro atoms. The van der Waals surface area contributed by atoms with Crippen LogP contribution >= 0.6 is 24.0 Å². The average Bonchev–Trinajstić information content (AvgIpc) is 2.62. The highest BCUT2D eigenvalue weighted by Gasteiger charge is 2.28. The van der Waals surface area contributed by atoms with Gasteiger partial charge in [-0.3, -0.25) is 9.69 Å². The number of ether oxygens (including phenoxy) is 1. The van der Waals surface area contributed by atoms with Gasteiger partial charge < -0.3 is 9.84 Å². The Hall–Kier alpha value is -1.53. The molecule has 1 amide bonds. The number of thiocarbonyl (C=S) groups is 1. The molecule has 1 aliphatic rings. The Morgan fingerprint density at radius 2 is 2.26 bits per heavy atom. The van der Waals surface area contributed by atoms with Gasteiger partial charge in [-0.25, -0.2) is 0 Å². The number of phenols is 1. The lowest BCUT2D eigenvalue weighted by Gasteiger charge is -2.08. The third kappa shape index (κ3) is 2.74. The number of amides is 1. The Balaban J connectivity index is 2.36. The van der Waals surface area contributed by atoms with E-state index in [1.165, 1.54) is 16.7 Å². The van der Waals surface area contributed by atoms with Gasteiger partial charge in [-0.1, -0.05) is 36.1 Å². The molecule has 0 aromatic heterocycles. The molecule has 1 aliphatic heterocycles. The zero-order chi connectivity index (χ0) is 14.0. The highest BCUT2D eigenvalue weighted by Crippen LogP contribution is 2.36. The average molecular weight is 295 g/mol. The first-order valence-electron chi connectivity index (χ1n) is 5.71. The van der Waals surface area contributed by atoms with Gasteiger partial charge in [0.15, 0.2) is 11.5 Å². The van der Waals surface area contributed by atoms with Crippen LogP contribution in [-0.2, 0) is 4.79 Å². The van der Waals surface area contributed by atoms with Crippen LogP contribution in [0.25, 0.3) is 6.08 Å². The van der Waals surface area contributed by atoms with Gasteiger partial charge in [0.2, 0.25) is 0 Å². The number of rotatable bonds is 3. The van der Waals surface area contributed by atoms with Crippen LogP contribution in [0.15, 0.2) is 23.1 Å². The molecule has 0 radical (unpaired) electrons. The van der Waals surface area contributed by atoms with E-state index in [2.05, 4.69) is 0 Å². The number of hydrogen-bond acceptors (Lipinski definition) is 5. The summed E-state index contributed by atoms with van der Waals surface area (Å²) < 4.78 is 5.81. The quantitative estimate of drug-likeness (QED) is 0.686. The van der Waals surface area contributed by atoms with Gasteiger partial charge in [0.25, 0.3) is 5.91 Å². The van der Waals surface area contributed by atoms with E-state index in [4.69, 9.17) is 17.0 Å². The molecule has 6 heteroatoms. The van der Waals surface area contributed by atoms with E-state index >= 15 is 0 Å². The normalized spacial score (nSPS) is 17.4. The van der Waals surface area contributed by atoms with Crippen molar-refractivity contribution in [3.63, 3.8) is 0 Å². The fraction of sp³-hybridized carbons (Fsp3) is 0.231. The molecule has 4 nitrogen and oxygen atoms in total. The maximum Gasteiger partial charge on any atom is 0.265 e. The second kappa shape index (κ2) is 5.63. The smallest absolute Gasteiger partial charge is 0.265 e. The first kappa shape index (κ1) is 13.9. The van der Waals surface area contributed by atoms with E-state index in [9.17, 15) is 9.90 Å². The van der Waals surface area contributed by atoms with E-state index in [1.54, 1.807) is 31.3 Å². The van der Waals surface area contributed by atoms with Crippen LogP contribution in [0.2, 0.25) is 0 Å². The van der Waals surface area contributed by atoms with Gasteiger partial charge in [-0.2, -0.15) is 0 Å². The minimum Gasteiger partial charge on any atom is -0.504 e. The number of thioether (sulfide) groups is 1. The zero-order valence-electron chi connectivity index (χ0n) is 10.5. The van der Waals surface area contributed by atoms with Crippen molar-refractivity contribution >= 4 is 40.3 Å². The van der Waals surface area contributed by atoms with Crippen molar-refractivity contribution in [3.8, 4) is 11.5 Å². The summed E-state index contributed by atoms with van der Waals surface area (Å²) in [5.74, 6) is 0.283. The molecule has 100 valence electrons. The molecular formula is C13H13NO3S2. The van der Waals surface area contributed by atoms with Gasteiger partial charge in [-0.15, -0.1) is 0 Å². The number of aromatic hydroxyl groups is 1. The summed E-state index contributed by atoms with van der Waals surface area (Å²) in [6.07, 6.45) is 1.63.